The molecule has 1 aromatic rings. The largest absolute Gasteiger partial charge is 0.495 e. The van der Waals surface area contributed by atoms with Crippen molar-refractivity contribution in [1.82, 2.24) is 10.6 Å². The highest BCUT2D eigenvalue weighted by atomic mass is 127. The van der Waals surface area contributed by atoms with Gasteiger partial charge in [-0.05, 0) is 56.6 Å². The van der Waals surface area contributed by atoms with Gasteiger partial charge in [0.15, 0.2) is 5.96 Å². The Balaban J connectivity index is 0.00000280. The minimum Gasteiger partial charge on any atom is -0.495 e. The highest BCUT2D eigenvalue weighted by molar-refractivity contribution is 14.0. The lowest BCUT2D eigenvalue weighted by molar-refractivity contribution is 0.414. The third-order valence-electron chi connectivity index (χ3n) is 5.62. The van der Waals surface area contributed by atoms with E-state index in [0.717, 1.165) is 44.3 Å². The number of nitrogens with zero attached hydrogens (tertiary/aromatic N) is 2. The molecule has 0 radical (unpaired) electrons. The molecule has 1 saturated heterocycles. The van der Waals surface area contributed by atoms with Gasteiger partial charge in [0.05, 0.1) is 12.8 Å². The topological polar surface area (TPSA) is 48.9 Å². The summed E-state index contributed by atoms with van der Waals surface area (Å²) in [5.74, 6) is 2.50. The van der Waals surface area contributed by atoms with E-state index in [1.54, 1.807) is 12.7 Å². The Labute approximate surface area is 187 Å². The average molecular weight is 498 g/mol. The summed E-state index contributed by atoms with van der Waals surface area (Å²) in [5, 5.41) is 6.98. The molecular formula is C22H35IN4O. The molecule has 0 amide bonds. The molecule has 1 unspecified atom stereocenters. The summed E-state index contributed by atoms with van der Waals surface area (Å²) in [5.41, 5.74) is 2.80. The van der Waals surface area contributed by atoms with Crippen molar-refractivity contribution < 1.29 is 4.74 Å². The zero-order valence-corrected chi connectivity index (χ0v) is 19.6. The van der Waals surface area contributed by atoms with Gasteiger partial charge in [-0.2, -0.15) is 0 Å². The second-order valence-corrected chi connectivity index (χ2v) is 7.51. The van der Waals surface area contributed by atoms with E-state index in [9.17, 15) is 0 Å². The first-order valence-electron chi connectivity index (χ1n) is 10.3. The van der Waals surface area contributed by atoms with Crippen molar-refractivity contribution in [3.05, 3.63) is 35.9 Å². The first-order valence-corrected chi connectivity index (χ1v) is 10.3. The third-order valence-corrected chi connectivity index (χ3v) is 5.62. The Morgan fingerprint density at radius 1 is 1.25 bits per heavy atom. The van der Waals surface area contributed by atoms with Crippen molar-refractivity contribution in [1.29, 1.82) is 0 Å². The van der Waals surface area contributed by atoms with E-state index in [2.05, 4.69) is 38.7 Å². The first-order chi connectivity index (χ1) is 13.3. The number of hydrogen-bond donors (Lipinski definition) is 2. The molecule has 1 fully saturated rings. The van der Waals surface area contributed by atoms with Gasteiger partial charge >= 0.3 is 0 Å². The maximum Gasteiger partial charge on any atom is 0.190 e. The number of hydrogen-bond acceptors (Lipinski definition) is 3. The molecule has 0 bridgehead atoms. The molecule has 0 spiro atoms. The molecule has 2 aliphatic rings. The lowest BCUT2D eigenvalue weighted by Crippen LogP contribution is -2.40. The van der Waals surface area contributed by atoms with Crippen LogP contribution in [0.1, 0.15) is 38.5 Å². The van der Waals surface area contributed by atoms with Gasteiger partial charge in [0.1, 0.15) is 5.75 Å². The Hall–Kier alpha value is -1.44. The summed E-state index contributed by atoms with van der Waals surface area (Å²) in [7, 11) is 3.60. The smallest absolute Gasteiger partial charge is 0.190 e. The number of anilines is 1. The van der Waals surface area contributed by atoms with E-state index in [4.69, 9.17) is 4.74 Å². The van der Waals surface area contributed by atoms with Crippen molar-refractivity contribution in [2.24, 2.45) is 10.9 Å². The van der Waals surface area contributed by atoms with Crippen LogP contribution < -0.4 is 20.3 Å². The van der Waals surface area contributed by atoms with E-state index in [1.807, 2.05) is 19.2 Å². The van der Waals surface area contributed by atoms with Crippen LogP contribution in [0.2, 0.25) is 0 Å². The summed E-state index contributed by atoms with van der Waals surface area (Å²) in [6, 6.07) is 8.29. The maximum atomic E-state index is 5.51. The number of aliphatic imine (C=N–C) groups is 1. The number of guanidine groups is 1. The van der Waals surface area contributed by atoms with Crippen LogP contribution in [0.15, 0.2) is 40.9 Å². The molecule has 2 N–H and O–H groups in total. The highest BCUT2D eigenvalue weighted by Crippen LogP contribution is 2.31. The summed E-state index contributed by atoms with van der Waals surface area (Å²) < 4.78 is 5.51. The lowest BCUT2D eigenvalue weighted by Gasteiger charge is -2.21. The van der Waals surface area contributed by atoms with E-state index in [-0.39, 0.29) is 24.0 Å². The lowest BCUT2D eigenvalue weighted by atomic mass is 9.97. The number of halogens is 1. The SMILES string of the molecule is CN=C(NCCC1=CCCCC1)NCC1CCN(c2ccccc2OC)C1.I. The number of allylic oxidation sites excluding steroid dienone is 1. The number of methoxy groups -OCH3 is 1. The van der Waals surface area contributed by atoms with E-state index in [1.165, 1.54) is 37.8 Å². The molecule has 1 aromatic carbocycles. The molecule has 5 nitrogen and oxygen atoms in total. The van der Waals surface area contributed by atoms with Gasteiger partial charge in [-0.25, -0.2) is 0 Å². The predicted molar refractivity (Wildman–Crippen MR) is 129 cm³/mol. The molecule has 6 heteroatoms. The summed E-state index contributed by atoms with van der Waals surface area (Å²) in [4.78, 5) is 6.81. The molecule has 156 valence electrons. The second-order valence-electron chi connectivity index (χ2n) is 7.51. The number of benzene rings is 1. The van der Waals surface area contributed by atoms with Gasteiger partial charge in [-0.1, -0.05) is 23.8 Å². The first kappa shape index (κ1) is 22.8. The van der Waals surface area contributed by atoms with E-state index < -0.39 is 0 Å². The summed E-state index contributed by atoms with van der Waals surface area (Å²) in [6.45, 7) is 4.04. The van der Waals surface area contributed by atoms with E-state index >= 15 is 0 Å². The standard InChI is InChI=1S/C22H34N4O.HI/c1-23-22(24-14-12-18-8-4-3-5-9-18)25-16-19-13-15-26(17-19)20-10-6-7-11-21(20)27-2;/h6-8,10-11,19H,3-5,9,12-17H2,1-2H3,(H2,23,24,25);1H. The van der Waals surface area contributed by atoms with Crippen LogP contribution in [0, 0.1) is 5.92 Å². The molecule has 1 aliphatic heterocycles. The Morgan fingerprint density at radius 2 is 2.11 bits per heavy atom. The quantitative estimate of drug-likeness (QED) is 0.256. The van der Waals surface area contributed by atoms with Crippen molar-refractivity contribution in [3.8, 4) is 5.75 Å². The van der Waals surface area contributed by atoms with Crippen molar-refractivity contribution in [2.75, 3.05) is 45.2 Å². The summed E-state index contributed by atoms with van der Waals surface area (Å²) >= 11 is 0. The summed E-state index contributed by atoms with van der Waals surface area (Å²) in [6.07, 6.45) is 9.98. The number of para-hydroxylation sites is 2. The normalized spacial score (nSPS) is 19.6. The van der Waals surface area contributed by atoms with Gasteiger partial charge < -0.3 is 20.3 Å². The van der Waals surface area contributed by atoms with Gasteiger partial charge in [0, 0.05) is 33.2 Å². The van der Waals surface area contributed by atoms with Gasteiger partial charge in [-0.15, -0.1) is 24.0 Å². The predicted octanol–water partition coefficient (Wildman–Crippen LogP) is 4.20. The van der Waals surface area contributed by atoms with Gasteiger partial charge in [-0.3, -0.25) is 4.99 Å². The molecule has 1 heterocycles. The molecule has 1 atom stereocenters. The second kappa shape index (κ2) is 12.2. The van der Waals surface area contributed by atoms with Crippen LogP contribution >= 0.6 is 24.0 Å². The van der Waals surface area contributed by atoms with Crippen LogP contribution in [-0.4, -0.2) is 46.3 Å². The molecule has 1 aliphatic carbocycles. The molecular weight excluding hydrogens is 463 g/mol. The molecule has 0 saturated carbocycles. The highest BCUT2D eigenvalue weighted by Gasteiger charge is 2.24. The number of nitrogens with one attached hydrogen (secondary N) is 2. The van der Waals surface area contributed by atoms with Crippen LogP contribution in [0.3, 0.4) is 0 Å². The minimum absolute atomic E-state index is 0. The zero-order chi connectivity index (χ0) is 18.9. The number of rotatable bonds is 7. The Kier molecular flexibility index (Phi) is 9.95. The van der Waals surface area contributed by atoms with Crippen LogP contribution in [0.25, 0.3) is 0 Å². The maximum absolute atomic E-state index is 5.51. The Morgan fingerprint density at radius 3 is 2.86 bits per heavy atom. The molecule has 28 heavy (non-hydrogen) atoms. The molecule has 3 rings (SSSR count). The van der Waals surface area contributed by atoms with Crippen LogP contribution in [0.5, 0.6) is 5.75 Å². The monoisotopic (exact) mass is 498 g/mol. The Bertz CT molecular complexity index is 662. The third kappa shape index (κ3) is 6.57. The van der Waals surface area contributed by atoms with Crippen molar-refractivity contribution >= 4 is 35.6 Å². The van der Waals surface area contributed by atoms with Crippen molar-refractivity contribution in [2.45, 2.75) is 38.5 Å². The molecule has 0 aromatic heterocycles. The average Bonchev–Trinajstić information content (AvgIpc) is 3.20. The van der Waals surface area contributed by atoms with Crippen LogP contribution in [0.4, 0.5) is 5.69 Å². The fourth-order valence-electron chi connectivity index (χ4n) is 4.04. The fraction of sp³-hybridized carbons (Fsp3) is 0.591. The fourth-order valence-corrected chi connectivity index (χ4v) is 4.04. The van der Waals surface area contributed by atoms with Crippen LogP contribution in [-0.2, 0) is 0 Å². The zero-order valence-electron chi connectivity index (χ0n) is 17.2. The number of ether oxygens (including phenoxy) is 1. The van der Waals surface area contributed by atoms with E-state index in [0.29, 0.717) is 5.92 Å². The van der Waals surface area contributed by atoms with Gasteiger partial charge in [0.25, 0.3) is 0 Å². The minimum atomic E-state index is 0. The van der Waals surface area contributed by atoms with Crippen molar-refractivity contribution in [3.63, 3.8) is 0 Å². The van der Waals surface area contributed by atoms with Gasteiger partial charge in [0.2, 0.25) is 0 Å².